The second kappa shape index (κ2) is 3.09. The van der Waals surface area contributed by atoms with Crippen molar-refractivity contribution in [3.8, 4) is 0 Å². The predicted molar refractivity (Wildman–Crippen MR) is 50.5 cm³/mol. The summed E-state index contributed by atoms with van der Waals surface area (Å²) in [6, 6.07) is 0. The van der Waals surface area contributed by atoms with Gasteiger partial charge in [-0.2, -0.15) is 0 Å². The molecule has 2 heteroatoms. The lowest BCUT2D eigenvalue weighted by molar-refractivity contribution is -0.120. The zero-order valence-electron chi connectivity index (χ0n) is 8.51. The van der Waals surface area contributed by atoms with E-state index < -0.39 is 0 Å². The molecule has 0 aromatic rings. The molecular weight excluding hydrogens is 164 g/mol. The maximum Gasteiger partial charge on any atom is 0.164 e. The van der Waals surface area contributed by atoms with Crippen molar-refractivity contribution in [3.63, 3.8) is 0 Å². The van der Waals surface area contributed by atoms with Gasteiger partial charge in [0, 0.05) is 6.42 Å². The first kappa shape index (κ1) is 9.20. The van der Waals surface area contributed by atoms with E-state index in [1.165, 1.54) is 6.42 Å². The Morgan fingerprint density at radius 2 is 2.38 bits per heavy atom. The summed E-state index contributed by atoms with van der Waals surface area (Å²) >= 11 is 0. The molecule has 0 amide bonds. The van der Waals surface area contributed by atoms with Crippen molar-refractivity contribution in [1.82, 2.24) is 0 Å². The third kappa shape index (κ3) is 1.64. The zero-order chi connectivity index (χ0) is 9.47. The van der Waals surface area contributed by atoms with Gasteiger partial charge in [-0.1, -0.05) is 13.8 Å². The predicted octanol–water partition coefficient (Wildman–Crippen LogP) is 2.31. The lowest BCUT2D eigenvalue weighted by Crippen LogP contribution is -2.26. The van der Waals surface area contributed by atoms with E-state index in [0.717, 1.165) is 31.6 Å². The van der Waals surface area contributed by atoms with Crippen LogP contribution in [0, 0.1) is 5.92 Å². The van der Waals surface area contributed by atoms with E-state index in [0.29, 0.717) is 5.78 Å². The van der Waals surface area contributed by atoms with Gasteiger partial charge in [0.1, 0.15) is 11.7 Å². The molecule has 2 aliphatic rings. The Morgan fingerprint density at radius 3 is 3.08 bits per heavy atom. The summed E-state index contributed by atoms with van der Waals surface area (Å²) < 4.78 is 5.58. The van der Waals surface area contributed by atoms with Gasteiger partial charge >= 0.3 is 0 Å². The lowest BCUT2D eigenvalue weighted by Gasteiger charge is -2.17. The lowest BCUT2D eigenvalue weighted by atomic mass is 9.84. The monoisotopic (exact) mass is 182 g/mol. The van der Waals surface area contributed by atoms with Gasteiger partial charge in [-0.15, -0.1) is 0 Å². The second-order valence-electron chi connectivity index (χ2n) is 4.82. The molecule has 1 aliphatic carbocycles. The van der Waals surface area contributed by atoms with E-state index in [2.05, 4.69) is 13.8 Å². The normalized spacial score (nSPS) is 37.8. The number of Topliss-reactive ketones (excluding diaryl/α,β-unsaturated/α-hetero) is 1. The molecule has 0 bridgehead atoms. The Balaban J connectivity index is 1.89. The number of ether oxygens (including phenoxy) is 1. The molecule has 0 spiro atoms. The largest absolute Gasteiger partial charge is 0.358 e. The topological polar surface area (TPSA) is 29.6 Å². The van der Waals surface area contributed by atoms with Crippen LogP contribution in [-0.2, 0) is 9.53 Å². The van der Waals surface area contributed by atoms with Gasteiger partial charge in [-0.3, -0.25) is 4.79 Å². The highest BCUT2D eigenvalue weighted by atomic mass is 16.6. The first-order chi connectivity index (χ1) is 6.14. The minimum atomic E-state index is -0.0139. The molecule has 1 aliphatic heterocycles. The molecule has 1 saturated carbocycles. The van der Waals surface area contributed by atoms with Gasteiger partial charge in [0.15, 0.2) is 5.78 Å². The van der Waals surface area contributed by atoms with Crippen LogP contribution >= 0.6 is 0 Å². The molecule has 2 rings (SSSR count). The highest BCUT2D eigenvalue weighted by molar-refractivity contribution is 5.87. The van der Waals surface area contributed by atoms with Crippen LogP contribution in [0.25, 0.3) is 0 Å². The molecule has 0 aromatic heterocycles. The second-order valence-corrected chi connectivity index (χ2v) is 4.82. The van der Waals surface area contributed by atoms with Crippen molar-refractivity contribution in [3.05, 3.63) is 0 Å². The minimum absolute atomic E-state index is 0.000394. The Morgan fingerprint density at radius 1 is 1.62 bits per heavy atom. The molecule has 0 aromatic carbocycles. The highest BCUT2D eigenvalue weighted by Crippen LogP contribution is 2.49. The Labute approximate surface area is 79.7 Å². The first-order valence-corrected chi connectivity index (χ1v) is 5.34. The van der Waals surface area contributed by atoms with E-state index in [9.17, 15) is 4.79 Å². The summed E-state index contributed by atoms with van der Waals surface area (Å²) in [7, 11) is 0. The number of epoxide rings is 1. The van der Waals surface area contributed by atoms with E-state index >= 15 is 0 Å². The van der Waals surface area contributed by atoms with Gasteiger partial charge in [-0.25, -0.2) is 0 Å². The molecule has 74 valence electrons. The van der Waals surface area contributed by atoms with Crippen molar-refractivity contribution in [1.29, 1.82) is 0 Å². The standard InChI is InChI=1S/C11H18O2/c1-8(2)5-7-11-6-3-4-9(12)10(11)13-11/h8,10H,3-7H2,1-2H3. The van der Waals surface area contributed by atoms with Crippen LogP contribution in [0.15, 0.2) is 0 Å². The van der Waals surface area contributed by atoms with Crippen LogP contribution in [0.3, 0.4) is 0 Å². The molecular formula is C11H18O2. The molecule has 2 atom stereocenters. The van der Waals surface area contributed by atoms with Crippen LogP contribution in [0.1, 0.15) is 46.0 Å². The van der Waals surface area contributed by atoms with Gasteiger partial charge in [0.05, 0.1) is 0 Å². The number of ketones is 1. The maximum atomic E-state index is 11.4. The number of carbonyl (C=O) groups is 1. The zero-order valence-corrected chi connectivity index (χ0v) is 8.51. The van der Waals surface area contributed by atoms with E-state index in [4.69, 9.17) is 4.74 Å². The molecule has 13 heavy (non-hydrogen) atoms. The summed E-state index contributed by atoms with van der Waals surface area (Å²) in [6.07, 6.45) is 5.14. The van der Waals surface area contributed by atoms with Crippen LogP contribution < -0.4 is 0 Å². The Hall–Kier alpha value is -0.370. The highest BCUT2D eigenvalue weighted by Gasteiger charge is 2.60. The van der Waals surface area contributed by atoms with Crippen molar-refractivity contribution < 1.29 is 9.53 Å². The summed E-state index contributed by atoms with van der Waals surface area (Å²) in [5.41, 5.74) is -0.000394. The Kier molecular flexibility index (Phi) is 2.18. The van der Waals surface area contributed by atoms with Crippen LogP contribution in [0.2, 0.25) is 0 Å². The third-order valence-electron chi connectivity index (χ3n) is 3.23. The van der Waals surface area contributed by atoms with E-state index in [1.54, 1.807) is 0 Å². The number of carbonyl (C=O) groups excluding carboxylic acids is 1. The molecule has 0 N–H and O–H groups in total. The summed E-state index contributed by atoms with van der Waals surface area (Å²) in [5.74, 6) is 1.06. The number of hydrogen-bond acceptors (Lipinski definition) is 2. The van der Waals surface area contributed by atoms with Crippen LogP contribution in [-0.4, -0.2) is 17.5 Å². The van der Waals surface area contributed by atoms with Crippen molar-refractivity contribution in [2.45, 2.75) is 57.7 Å². The number of hydrogen-bond donors (Lipinski definition) is 0. The SMILES string of the molecule is CC(C)CCC12CCCC(=O)C1O2. The molecule has 1 saturated heterocycles. The minimum Gasteiger partial charge on any atom is -0.358 e. The van der Waals surface area contributed by atoms with Gasteiger partial charge in [0.2, 0.25) is 0 Å². The molecule has 2 fully saturated rings. The average molecular weight is 182 g/mol. The average Bonchev–Trinajstić information content (AvgIpc) is 2.78. The fourth-order valence-corrected chi connectivity index (χ4v) is 2.29. The fraction of sp³-hybridized carbons (Fsp3) is 0.909. The number of fused-ring (bicyclic) bond motifs is 1. The first-order valence-electron chi connectivity index (χ1n) is 5.34. The summed E-state index contributed by atoms with van der Waals surface area (Å²) in [4.78, 5) is 11.4. The molecule has 2 unspecified atom stereocenters. The van der Waals surface area contributed by atoms with E-state index in [1.807, 2.05) is 0 Å². The summed E-state index contributed by atoms with van der Waals surface area (Å²) in [5, 5.41) is 0. The maximum absolute atomic E-state index is 11.4. The van der Waals surface area contributed by atoms with Crippen LogP contribution in [0.5, 0.6) is 0 Å². The number of rotatable bonds is 3. The van der Waals surface area contributed by atoms with Crippen molar-refractivity contribution >= 4 is 5.78 Å². The van der Waals surface area contributed by atoms with E-state index in [-0.39, 0.29) is 11.7 Å². The van der Waals surface area contributed by atoms with Crippen LogP contribution in [0.4, 0.5) is 0 Å². The Bertz CT molecular complexity index is 222. The molecule has 1 heterocycles. The third-order valence-corrected chi connectivity index (χ3v) is 3.23. The molecule has 2 nitrogen and oxygen atoms in total. The smallest absolute Gasteiger partial charge is 0.164 e. The van der Waals surface area contributed by atoms with Gasteiger partial charge < -0.3 is 4.74 Å². The summed E-state index contributed by atoms with van der Waals surface area (Å²) in [6.45, 7) is 4.44. The van der Waals surface area contributed by atoms with Crippen molar-refractivity contribution in [2.75, 3.05) is 0 Å². The van der Waals surface area contributed by atoms with Gasteiger partial charge in [-0.05, 0) is 31.6 Å². The fourth-order valence-electron chi connectivity index (χ4n) is 2.29. The quantitative estimate of drug-likeness (QED) is 0.627. The van der Waals surface area contributed by atoms with Gasteiger partial charge in [0.25, 0.3) is 0 Å². The van der Waals surface area contributed by atoms with Crippen molar-refractivity contribution in [2.24, 2.45) is 5.92 Å². The molecule has 0 radical (unpaired) electrons.